The number of carbonyl (C=O) groups excluding carboxylic acids is 1. The number of rotatable bonds is 3. The van der Waals surface area contributed by atoms with Crippen molar-refractivity contribution in [3.63, 3.8) is 0 Å². The van der Waals surface area contributed by atoms with Crippen molar-refractivity contribution in [3.05, 3.63) is 30.1 Å². The highest BCUT2D eigenvalue weighted by Gasteiger charge is 2.55. The number of nitrogens with zero attached hydrogens (tertiary/aromatic N) is 2. The molecule has 0 saturated carbocycles. The van der Waals surface area contributed by atoms with E-state index in [1.807, 2.05) is 0 Å². The molecule has 0 bridgehead atoms. The van der Waals surface area contributed by atoms with E-state index in [2.05, 4.69) is 4.98 Å². The summed E-state index contributed by atoms with van der Waals surface area (Å²) in [5.41, 5.74) is 2.91. The molecule has 2 unspecified atom stereocenters. The summed E-state index contributed by atoms with van der Waals surface area (Å²) >= 11 is 0. The first-order valence-corrected chi connectivity index (χ1v) is 5.62. The van der Waals surface area contributed by atoms with E-state index in [4.69, 9.17) is 5.73 Å². The van der Waals surface area contributed by atoms with Gasteiger partial charge in [0.05, 0.1) is 6.04 Å². The second-order valence-electron chi connectivity index (χ2n) is 4.57. The van der Waals surface area contributed by atoms with Gasteiger partial charge in [-0.2, -0.15) is 13.2 Å². The lowest BCUT2D eigenvalue weighted by Crippen LogP contribution is -2.61. The Morgan fingerprint density at radius 3 is 2.26 bits per heavy atom. The first-order valence-electron chi connectivity index (χ1n) is 5.62. The van der Waals surface area contributed by atoms with E-state index in [9.17, 15) is 18.0 Å². The molecule has 0 radical (unpaired) electrons. The Labute approximate surface area is 109 Å². The van der Waals surface area contributed by atoms with Gasteiger partial charge in [-0.25, -0.2) is 0 Å². The number of aromatic nitrogens is 1. The topological polar surface area (TPSA) is 59.2 Å². The van der Waals surface area contributed by atoms with Crippen molar-refractivity contribution >= 4 is 5.91 Å². The summed E-state index contributed by atoms with van der Waals surface area (Å²) in [5, 5.41) is 0. The second kappa shape index (κ2) is 5.16. The lowest BCUT2D eigenvalue weighted by atomic mass is 9.99. The number of hydrogen-bond donors (Lipinski definition) is 1. The van der Waals surface area contributed by atoms with E-state index >= 15 is 0 Å². The molecule has 1 heterocycles. The fraction of sp³-hybridized carbons (Fsp3) is 0.500. The average Bonchev–Trinajstić information content (AvgIpc) is 2.35. The van der Waals surface area contributed by atoms with Gasteiger partial charge in [0.1, 0.15) is 0 Å². The minimum atomic E-state index is -4.80. The Balaban J connectivity index is 2.95. The fourth-order valence-electron chi connectivity index (χ4n) is 1.53. The molecule has 0 aromatic carbocycles. The third-order valence-corrected chi connectivity index (χ3v) is 3.12. The molecule has 7 heteroatoms. The number of carbonyl (C=O) groups is 1. The second-order valence-corrected chi connectivity index (χ2v) is 4.57. The maximum absolute atomic E-state index is 12.7. The van der Waals surface area contributed by atoms with Gasteiger partial charge in [0, 0.05) is 19.4 Å². The van der Waals surface area contributed by atoms with Gasteiger partial charge in [0.2, 0.25) is 0 Å². The zero-order chi connectivity index (χ0) is 14.8. The molecule has 1 rings (SSSR count). The number of pyridine rings is 1. The van der Waals surface area contributed by atoms with Crippen molar-refractivity contribution in [1.82, 2.24) is 9.88 Å². The largest absolute Gasteiger partial charge is 0.415 e. The molecule has 0 saturated heterocycles. The van der Waals surface area contributed by atoms with Gasteiger partial charge < -0.3 is 10.6 Å². The van der Waals surface area contributed by atoms with Crippen LogP contribution in [0.4, 0.5) is 13.2 Å². The average molecular weight is 275 g/mol. The van der Waals surface area contributed by atoms with Crippen LogP contribution in [0.2, 0.25) is 0 Å². The molecule has 0 fully saturated rings. The third-order valence-electron chi connectivity index (χ3n) is 3.12. The Morgan fingerprint density at radius 2 is 1.84 bits per heavy atom. The smallest absolute Gasteiger partial charge is 0.337 e. The highest BCUT2D eigenvalue weighted by molar-refractivity contribution is 5.86. The van der Waals surface area contributed by atoms with Gasteiger partial charge in [-0.1, -0.05) is 0 Å². The molecule has 2 atom stereocenters. The van der Waals surface area contributed by atoms with Gasteiger partial charge in [0.15, 0.2) is 5.54 Å². The van der Waals surface area contributed by atoms with Crippen molar-refractivity contribution in [3.8, 4) is 0 Å². The Bertz CT molecular complexity index is 445. The van der Waals surface area contributed by atoms with Gasteiger partial charge >= 0.3 is 6.18 Å². The molecule has 0 aliphatic carbocycles. The number of nitrogens with two attached hydrogens (primary N) is 1. The summed E-state index contributed by atoms with van der Waals surface area (Å²) in [6, 6.07) is 2.74. The predicted octanol–water partition coefficient (Wildman–Crippen LogP) is 1.88. The van der Waals surface area contributed by atoms with Gasteiger partial charge in [-0.15, -0.1) is 0 Å². The highest BCUT2D eigenvalue weighted by Crippen LogP contribution is 2.31. The summed E-state index contributed by atoms with van der Waals surface area (Å²) < 4.78 is 38.2. The van der Waals surface area contributed by atoms with E-state index in [1.54, 1.807) is 19.1 Å². The fourth-order valence-corrected chi connectivity index (χ4v) is 1.53. The van der Waals surface area contributed by atoms with E-state index in [1.165, 1.54) is 19.4 Å². The number of hydrogen-bond acceptors (Lipinski definition) is 3. The molecule has 4 nitrogen and oxygen atoms in total. The molecular formula is C12H16F3N3O. The summed E-state index contributed by atoms with van der Waals surface area (Å²) in [6.07, 6.45) is -1.78. The molecule has 0 aliphatic heterocycles. The van der Waals surface area contributed by atoms with Crippen LogP contribution >= 0.6 is 0 Å². The summed E-state index contributed by atoms with van der Waals surface area (Å²) in [7, 11) is 1.30. The minimum Gasteiger partial charge on any atom is -0.337 e. The number of alkyl halides is 3. The van der Waals surface area contributed by atoms with Crippen molar-refractivity contribution in [2.45, 2.75) is 31.6 Å². The lowest BCUT2D eigenvalue weighted by Gasteiger charge is -2.34. The molecule has 2 N–H and O–H groups in total. The molecule has 0 aliphatic rings. The SMILES string of the molecule is CC(c1ccncc1)N(C)C(=O)C(C)(N)C(F)(F)F. The maximum Gasteiger partial charge on any atom is 0.415 e. The van der Waals surface area contributed by atoms with Crippen molar-refractivity contribution in [1.29, 1.82) is 0 Å². The lowest BCUT2D eigenvalue weighted by molar-refractivity contribution is -0.194. The predicted molar refractivity (Wildman–Crippen MR) is 64.1 cm³/mol. The van der Waals surface area contributed by atoms with Crippen LogP contribution < -0.4 is 5.73 Å². The number of amides is 1. The molecule has 1 amide bonds. The van der Waals surface area contributed by atoms with Crippen LogP contribution in [0.15, 0.2) is 24.5 Å². The normalized spacial score (nSPS) is 16.6. The van der Waals surface area contributed by atoms with Crippen LogP contribution in [0.25, 0.3) is 0 Å². The standard InChI is InChI=1S/C12H16F3N3O/c1-8(9-4-6-17-7-5-9)18(3)10(19)11(2,16)12(13,14)15/h4-8H,16H2,1-3H3. The quantitative estimate of drug-likeness (QED) is 0.916. The monoisotopic (exact) mass is 275 g/mol. The third kappa shape index (κ3) is 3.04. The Morgan fingerprint density at radius 1 is 1.37 bits per heavy atom. The van der Waals surface area contributed by atoms with Crippen molar-refractivity contribution < 1.29 is 18.0 Å². The van der Waals surface area contributed by atoms with Gasteiger partial charge in [0.25, 0.3) is 5.91 Å². The van der Waals surface area contributed by atoms with Crippen LogP contribution in [-0.4, -0.2) is 34.6 Å². The zero-order valence-electron chi connectivity index (χ0n) is 10.9. The highest BCUT2D eigenvalue weighted by atomic mass is 19.4. The molecular weight excluding hydrogens is 259 g/mol. The van der Waals surface area contributed by atoms with Crippen LogP contribution in [0.5, 0.6) is 0 Å². The van der Waals surface area contributed by atoms with Crippen molar-refractivity contribution in [2.24, 2.45) is 5.73 Å². The Kier molecular flexibility index (Phi) is 4.19. The zero-order valence-corrected chi connectivity index (χ0v) is 10.9. The van der Waals surface area contributed by atoms with Crippen LogP contribution in [-0.2, 0) is 4.79 Å². The molecule has 0 spiro atoms. The van der Waals surface area contributed by atoms with Crippen LogP contribution in [0, 0.1) is 0 Å². The first-order chi connectivity index (χ1) is 8.59. The molecule has 1 aromatic heterocycles. The first kappa shape index (κ1) is 15.4. The van der Waals surface area contributed by atoms with Crippen LogP contribution in [0.3, 0.4) is 0 Å². The Hall–Kier alpha value is -1.63. The summed E-state index contributed by atoms with van der Waals surface area (Å²) in [5.74, 6) is -1.18. The van der Waals surface area contributed by atoms with E-state index in [0.29, 0.717) is 12.5 Å². The summed E-state index contributed by atoms with van der Waals surface area (Å²) in [4.78, 5) is 16.7. The number of likely N-dealkylation sites (N-methyl/N-ethyl adjacent to an activating group) is 1. The van der Waals surface area contributed by atoms with Gasteiger partial charge in [-0.05, 0) is 31.5 Å². The van der Waals surface area contributed by atoms with E-state index in [0.717, 1.165) is 4.90 Å². The van der Waals surface area contributed by atoms with E-state index < -0.39 is 23.7 Å². The minimum absolute atomic E-state index is 0.527. The summed E-state index contributed by atoms with van der Waals surface area (Å²) in [6.45, 7) is 2.30. The molecule has 106 valence electrons. The number of halogens is 3. The maximum atomic E-state index is 12.7. The molecule has 1 aromatic rings. The van der Waals surface area contributed by atoms with E-state index in [-0.39, 0.29) is 0 Å². The van der Waals surface area contributed by atoms with Crippen LogP contribution in [0.1, 0.15) is 25.5 Å². The van der Waals surface area contributed by atoms with Crippen molar-refractivity contribution in [2.75, 3.05) is 7.05 Å². The van der Waals surface area contributed by atoms with Gasteiger partial charge in [-0.3, -0.25) is 9.78 Å². The molecule has 19 heavy (non-hydrogen) atoms.